The zero-order valence-corrected chi connectivity index (χ0v) is 10.9. The highest BCUT2D eigenvalue weighted by Gasteiger charge is 2.29. The molecule has 1 fully saturated rings. The summed E-state index contributed by atoms with van der Waals surface area (Å²) in [7, 11) is 0. The lowest BCUT2D eigenvalue weighted by Crippen LogP contribution is -2.03. The lowest BCUT2D eigenvalue weighted by atomic mass is 10.5. The molecular weight excluding hydrogens is 238 g/mol. The van der Waals surface area contributed by atoms with E-state index in [9.17, 15) is 5.11 Å². The van der Waals surface area contributed by atoms with Crippen molar-refractivity contribution in [1.82, 2.24) is 14.8 Å². The molecule has 1 saturated carbocycles. The second kappa shape index (κ2) is 6.37. The smallest absolute Gasteiger partial charge is 0.191 e. The van der Waals surface area contributed by atoms with Crippen LogP contribution in [0.1, 0.15) is 38.1 Å². The molecule has 1 aromatic rings. The summed E-state index contributed by atoms with van der Waals surface area (Å²) >= 11 is 1.70. The van der Waals surface area contributed by atoms with Crippen molar-refractivity contribution in [2.75, 3.05) is 19.0 Å². The van der Waals surface area contributed by atoms with E-state index < -0.39 is 0 Å². The van der Waals surface area contributed by atoms with Crippen LogP contribution in [0.2, 0.25) is 0 Å². The van der Waals surface area contributed by atoms with Gasteiger partial charge in [0, 0.05) is 25.0 Å². The summed E-state index contributed by atoms with van der Waals surface area (Å²) < 4.78 is 7.38. The van der Waals surface area contributed by atoms with Crippen molar-refractivity contribution < 1.29 is 9.84 Å². The van der Waals surface area contributed by atoms with Crippen LogP contribution in [0, 0.1) is 0 Å². The van der Waals surface area contributed by atoms with Gasteiger partial charge in [-0.2, -0.15) is 0 Å². The first-order chi connectivity index (χ1) is 8.36. The number of thioether (sulfide) groups is 1. The van der Waals surface area contributed by atoms with Crippen molar-refractivity contribution >= 4 is 11.8 Å². The van der Waals surface area contributed by atoms with Crippen molar-refractivity contribution in [3.63, 3.8) is 0 Å². The topological polar surface area (TPSA) is 60.2 Å². The summed E-state index contributed by atoms with van der Waals surface area (Å²) in [5.74, 6) is 1.68. The molecule has 1 aliphatic carbocycles. The van der Waals surface area contributed by atoms with Gasteiger partial charge in [-0.15, -0.1) is 10.2 Å². The van der Waals surface area contributed by atoms with Crippen LogP contribution in [-0.2, 0) is 11.3 Å². The van der Waals surface area contributed by atoms with Gasteiger partial charge >= 0.3 is 0 Å². The maximum absolute atomic E-state index is 9.20. The molecule has 0 saturated heterocycles. The molecule has 2 rings (SSSR count). The fourth-order valence-corrected chi connectivity index (χ4v) is 2.62. The molecule has 0 aromatic carbocycles. The van der Waals surface area contributed by atoms with Crippen LogP contribution in [0.15, 0.2) is 5.16 Å². The van der Waals surface area contributed by atoms with E-state index in [1.165, 1.54) is 12.8 Å². The average Bonchev–Trinajstić information content (AvgIpc) is 3.10. The Balaban J connectivity index is 1.85. The molecule has 6 heteroatoms. The summed E-state index contributed by atoms with van der Waals surface area (Å²) in [5, 5.41) is 18.3. The predicted octanol–water partition coefficient (Wildman–Crippen LogP) is 1.62. The summed E-state index contributed by atoms with van der Waals surface area (Å²) in [6.45, 7) is 3.55. The maximum atomic E-state index is 9.20. The van der Waals surface area contributed by atoms with Crippen LogP contribution in [-0.4, -0.2) is 38.8 Å². The Kier molecular flexibility index (Phi) is 4.82. The Morgan fingerprint density at radius 3 is 2.94 bits per heavy atom. The van der Waals surface area contributed by atoms with Crippen LogP contribution in [0.5, 0.6) is 0 Å². The highest BCUT2D eigenvalue weighted by Crippen LogP contribution is 2.38. The van der Waals surface area contributed by atoms with Gasteiger partial charge in [0.05, 0.1) is 0 Å². The number of aliphatic hydroxyl groups is 1. The number of ether oxygens (including phenoxy) is 1. The molecule has 5 nitrogen and oxygen atoms in total. The molecular formula is C11H19N3O2S. The van der Waals surface area contributed by atoms with E-state index in [-0.39, 0.29) is 6.61 Å². The van der Waals surface area contributed by atoms with E-state index in [0.717, 1.165) is 30.5 Å². The van der Waals surface area contributed by atoms with Gasteiger partial charge in [-0.1, -0.05) is 11.8 Å². The first kappa shape index (κ1) is 12.9. The van der Waals surface area contributed by atoms with Gasteiger partial charge in [-0.25, -0.2) is 0 Å². The van der Waals surface area contributed by atoms with Crippen molar-refractivity contribution in [2.24, 2.45) is 0 Å². The van der Waals surface area contributed by atoms with Crippen LogP contribution >= 0.6 is 11.8 Å². The van der Waals surface area contributed by atoms with Gasteiger partial charge in [-0.05, 0) is 26.2 Å². The van der Waals surface area contributed by atoms with Crippen molar-refractivity contribution in [3.05, 3.63) is 5.82 Å². The highest BCUT2D eigenvalue weighted by molar-refractivity contribution is 7.99. The third-order valence-electron chi connectivity index (χ3n) is 2.66. The fraction of sp³-hybridized carbons (Fsp3) is 0.818. The molecule has 1 aliphatic rings. The van der Waals surface area contributed by atoms with Gasteiger partial charge in [0.1, 0.15) is 6.61 Å². The number of aromatic nitrogens is 3. The van der Waals surface area contributed by atoms with E-state index in [1.807, 2.05) is 6.92 Å². The first-order valence-electron chi connectivity index (χ1n) is 6.12. The number of nitrogens with zero attached hydrogens (tertiary/aromatic N) is 3. The number of hydrogen-bond donors (Lipinski definition) is 1. The summed E-state index contributed by atoms with van der Waals surface area (Å²) in [6.07, 6.45) is 3.37. The molecule has 1 heterocycles. The second-order valence-corrected chi connectivity index (χ2v) is 5.12. The Hall–Kier alpha value is -0.590. The lowest BCUT2D eigenvalue weighted by Gasteiger charge is -2.06. The minimum absolute atomic E-state index is 0.0248. The van der Waals surface area contributed by atoms with Crippen LogP contribution < -0.4 is 0 Å². The molecule has 0 aliphatic heterocycles. The molecule has 0 radical (unpaired) electrons. The molecule has 1 N–H and O–H groups in total. The monoisotopic (exact) mass is 257 g/mol. The summed E-state index contributed by atoms with van der Waals surface area (Å²) in [6, 6.07) is 0.515. The van der Waals surface area contributed by atoms with E-state index in [4.69, 9.17) is 4.74 Å². The zero-order valence-electron chi connectivity index (χ0n) is 10.1. The van der Waals surface area contributed by atoms with E-state index in [0.29, 0.717) is 11.9 Å². The van der Waals surface area contributed by atoms with Crippen molar-refractivity contribution in [2.45, 2.75) is 44.0 Å². The Morgan fingerprint density at radius 1 is 1.47 bits per heavy atom. The minimum Gasteiger partial charge on any atom is -0.388 e. The minimum atomic E-state index is -0.0248. The molecule has 0 bridgehead atoms. The molecule has 0 spiro atoms. The maximum Gasteiger partial charge on any atom is 0.191 e. The summed E-state index contributed by atoms with van der Waals surface area (Å²) in [5.41, 5.74) is 0. The van der Waals surface area contributed by atoms with Crippen LogP contribution in [0.4, 0.5) is 0 Å². The van der Waals surface area contributed by atoms with Gasteiger partial charge in [-0.3, -0.25) is 0 Å². The second-order valence-electron chi connectivity index (χ2n) is 4.06. The number of hydrogen-bond acceptors (Lipinski definition) is 5. The van der Waals surface area contributed by atoms with Crippen LogP contribution in [0.25, 0.3) is 0 Å². The summed E-state index contributed by atoms with van der Waals surface area (Å²) in [4.78, 5) is 0. The number of rotatable bonds is 8. The van der Waals surface area contributed by atoms with Gasteiger partial charge in [0.2, 0.25) is 0 Å². The van der Waals surface area contributed by atoms with Gasteiger partial charge in [0.15, 0.2) is 11.0 Å². The number of aliphatic hydroxyl groups excluding tert-OH is 1. The molecule has 0 atom stereocenters. The van der Waals surface area contributed by atoms with Gasteiger partial charge in [0.25, 0.3) is 0 Å². The zero-order chi connectivity index (χ0) is 12.1. The SMILES string of the molecule is CCOCCCSc1nnc(CO)n1C1CC1. The fourth-order valence-electron chi connectivity index (χ4n) is 1.68. The average molecular weight is 257 g/mol. The molecule has 0 unspecified atom stereocenters. The Labute approximate surface area is 106 Å². The Morgan fingerprint density at radius 2 is 2.29 bits per heavy atom. The van der Waals surface area contributed by atoms with E-state index >= 15 is 0 Å². The quantitative estimate of drug-likeness (QED) is 0.566. The van der Waals surface area contributed by atoms with Crippen LogP contribution in [0.3, 0.4) is 0 Å². The predicted molar refractivity (Wildman–Crippen MR) is 66.0 cm³/mol. The lowest BCUT2D eigenvalue weighted by molar-refractivity contribution is 0.149. The van der Waals surface area contributed by atoms with Gasteiger partial charge < -0.3 is 14.4 Å². The standard InChI is InChI=1S/C11H19N3O2S/c1-2-16-6-3-7-17-11-13-12-10(8-15)14(11)9-4-5-9/h9,15H,2-8H2,1H3. The third-order valence-corrected chi connectivity index (χ3v) is 3.69. The molecule has 96 valence electrons. The molecule has 17 heavy (non-hydrogen) atoms. The van der Waals surface area contributed by atoms with E-state index in [1.54, 1.807) is 11.8 Å². The largest absolute Gasteiger partial charge is 0.388 e. The highest BCUT2D eigenvalue weighted by atomic mass is 32.2. The third kappa shape index (κ3) is 3.43. The first-order valence-corrected chi connectivity index (χ1v) is 7.10. The normalized spacial score (nSPS) is 15.4. The van der Waals surface area contributed by atoms with Crippen molar-refractivity contribution in [3.8, 4) is 0 Å². The Bertz CT molecular complexity index is 352. The van der Waals surface area contributed by atoms with Crippen molar-refractivity contribution in [1.29, 1.82) is 0 Å². The molecule has 1 aromatic heterocycles. The van der Waals surface area contributed by atoms with E-state index in [2.05, 4.69) is 14.8 Å². The molecule has 0 amide bonds.